The van der Waals surface area contributed by atoms with Gasteiger partial charge in [-0.1, -0.05) is 6.07 Å². The summed E-state index contributed by atoms with van der Waals surface area (Å²) in [5, 5.41) is 15.0. The van der Waals surface area contributed by atoms with Crippen LogP contribution in [0.3, 0.4) is 0 Å². The molecule has 0 unspecified atom stereocenters. The third-order valence-electron chi connectivity index (χ3n) is 5.77. The van der Waals surface area contributed by atoms with E-state index in [1.54, 1.807) is 35.3 Å². The number of benzene rings is 1. The Hall–Kier alpha value is -3.93. The average molecular weight is 433 g/mol. The van der Waals surface area contributed by atoms with Crippen LogP contribution in [0.1, 0.15) is 50.7 Å². The highest BCUT2D eigenvalue weighted by atomic mass is 16.6. The second kappa shape index (κ2) is 8.67. The number of rotatable bonds is 6. The molecule has 0 saturated carbocycles. The van der Waals surface area contributed by atoms with Crippen LogP contribution in [-0.4, -0.2) is 48.3 Å². The number of ether oxygens (including phenoxy) is 2. The van der Waals surface area contributed by atoms with Crippen LogP contribution in [0.4, 0.5) is 10.6 Å². The first-order chi connectivity index (χ1) is 15.4. The number of aryl methyl sites for hydroxylation is 1. The largest absolute Gasteiger partial charge is 0.457 e. The first-order valence-corrected chi connectivity index (χ1v) is 10.3. The van der Waals surface area contributed by atoms with E-state index in [9.17, 15) is 9.59 Å². The monoisotopic (exact) mass is 433 g/mol. The maximum absolute atomic E-state index is 12.3. The number of esters is 1. The predicted octanol–water partition coefficient (Wildman–Crippen LogP) is 3.25. The van der Waals surface area contributed by atoms with Crippen LogP contribution in [0.5, 0.6) is 0 Å². The van der Waals surface area contributed by atoms with E-state index in [0.29, 0.717) is 36.5 Å². The third kappa shape index (κ3) is 3.99. The van der Waals surface area contributed by atoms with Gasteiger partial charge in [0.05, 0.1) is 17.7 Å². The lowest BCUT2D eigenvalue weighted by Gasteiger charge is -2.15. The molecule has 3 heterocycles. The minimum Gasteiger partial charge on any atom is -0.457 e. The molecule has 1 fully saturated rings. The van der Waals surface area contributed by atoms with Crippen molar-refractivity contribution in [2.75, 3.05) is 25.1 Å². The van der Waals surface area contributed by atoms with E-state index in [1.165, 1.54) is 6.20 Å². The van der Waals surface area contributed by atoms with Gasteiger partial charge in [0.1, 0.15) is 24.6 Å². The van der Waals surface area contributed by atoms with Gasteiger partial charge < -0.3 is 14.4 Å². The van der Waals surface area contributed by atoms with Gasteiger partial charge in [0.2, 0.25) is 0 Å². The molecule has 1 aromatic heterocycles. The number of hydrogen-bond acceptors (Lipinski definition) is 8. The van der Waals surface area contributed by atoms with Crippen molar-refractivity contribution in [3.63, 3.8) is 0 Å². The van der Waals surface area contributed by atoms with Crippen LogP contribution in [0.2, 0.25) is 0 Å². The fourth-order valence-corrected chi connectivity index (χ4v) is 3.86. The number of nitrogens with zero attached hydrogens (tertiary/aromatic N) is 5. The number of fused-ring (bicyclic) bond motifs is 1. The molecular weight excluding hydrogens is 410 g/mol. The van der Waals surface area contributed by atoms with Crippen LogP contribution in [0.25, 0.3) is 0 Å². The zero-order valence-corrected chi connectivity index (χ0v) is 18.2. The molecule has 0 spiro atoms. The predicted molar refractivity (Wildman–Crippen MR) is 116 cm³/mol. The maximum atomic E-state index is 12.3. The van der Waals surface area contributed by atoms with Gasteiger partial charge in [-0.2, -0.15) is 10.4 Å². The Balaban J connectivity index is 1.34. The lowest BCUT2D eigenvalue weighted by Crippen LogP contribution is -2.26. The fraction of sp³-hybridized carbons (Fsp3) is 0.348. The number of amides is 1. The molecule has 2 aliphatic heterocycles. The van der Waals surface area contributed by atoms with E-state index >= 15 is 0 Å². The van der Waals surface area contributed by atoms with Crippen LogP contribution in [-0.2, 0) is 16.1 Å². The molecule has 0 radical (unpaired) electrons. The molecule has 9 nitrogen and oxygen atoms in total. The maximum Gasteiger partial charge on any atom is 0.410 e. The molecule has 164 valence electrons. The Morgan fingerprint density at radius 3 is 2.94 bits per heavy atom. The van der Waals surface area contributed by atoms with Crippen molar-refractivity contribution in [1.29, 1.82) is 5.26 Å². The molecule has 32 heavy (non-hydrogen) atoms. The van der Waals surface area contributed by atoms with Gasteiger partial charge in [-0.15, -0.1) is 0 Å². The highest BCUT2D eigenvalue weighted by Gasteiger charge is 2.34. The van der Waals surface area contributed by atoms with Crippen molar-refractivity contribution in [2.24, 2.45) is 5.10 Å². The SMILES string of the molecule is Cc1cc(N(C)/N=C\CCN2C[C@@H](c3ccc4c(c3C)COC4=O)OC2=O)ncc1C#N. The summed E-state index contributed by atoms with van der Waals surface area (Å²) >= 11 is 0. The Bertz CT molecular complexity index is 1150. The lowest BCUT2D eigenvalue weighted by molar-refractivity contribution is 0.0535. The van der Waals surface area contributed by atoms with E-state index in [1.807, 2.05) is 19.9 Å². The minimum atomic E-state index is -0.381. The number of carbonyl (C=O) groups excluding carboxylic acids is 2. The molecule has 0 N–H and O–H groups in total. The zero-order chi connectivity index (χ0) is 22.8. The number of nitriles is 1. The van der Waals surface area contributed by atoms with Gasteiger partial charge in [0, 0.05) is 38.0 Å². The summed E-state index contributed by atoms with van der Waals surface area (Å²) < 4.78 is 10.7. The van der Waals surface area contributed by atoms with Crippen LogP contribution in [0.15, 0.2) is 29.5 Å². The topological polar surface area (TPSA) is 108 Å². The van der Waals surface area contributed by atoms with Crippen molar-refractivity contribution in [3.05, 3.63) is 57.8 Å². The minimum absolute atomic E-state index is 0.260. The third-order valence-corrected chi connectivity index (χ3v) is 5.77. The summed E-state index contributed by atoms with van der Waals surface area (Å²) in [7, 11) is 1.77. The van der Waals surface area contributed by atoms with Crippen molar-refractivity contribution < 1.29 is 19.1 Å². The molecule has 4 rings (SSSR count). The number of anilines is 1. The fourth-order valence-electron chi connectivity index (χ4n) is 3.86. The number of aromatic nitrogens is 1. The summed E-state index contributed by atoms with van der Waals surface area (Å²) in [5.74, 6) is 0.322. The average Bonchev–Trinajstić information content (AvgIpc) is 3.34. The molecule has 1 saturated heterocycles. The highest BCUT2D eigenvalue weighted by Crippen LogP contribution is 2.33. The van der Waals surface area contributed by atoms with Crippen LogP contribution < -0.4 is 5.01 Å². The van der Waals surface area contributed by atoms with E-state index in [0.717, 1.165) is 22.3 Å². The van der Waals surface area contributed by atoms with Crippen LogP contribution >= 0.6 is 0 Å². The van der Waals surface area contributed by atoms with Gasteiger partial charge in [-0.25, -0.2) is 14.6 Å². The molecule has 0 aliphatic carbocycles. The zero-order valence-electron chi connectivity index (χ0n) is 18.2. The summed E-state index contributed by atoms with van der Waals surface area (Å²) in [4.78, 5) is 30.0. The standard InChI is InChI=1S/C23H23N5O4/c1-14-9-21(25-11-16(14)10-24)27(3)26-7-4-8-28-12-20(32-23(28)30)17-5-6-18-19(15(17)2)13-31-22(18)29/h5-7,9,11,20H,4,8,12-13H2,1-3H3/b26-7-/t20-/m0/s1. The summed E-state index contributed by atoms with van der Waals surface area (Å²) in [5.41, 5.74) is 4.65. The summed E-state index contributed by atoms with van der Waals surface area (Å²) in [6.45, 7) is 4.94. The molecule has 1 aromatic carbocycles. The first-order valence-electron chi connectivity index (χ1n) is 10.3. The Morgan fingerprint density at radius 2 is 2.19 bits per heavy atom. The van der Waals surface area contributed by atoms with Gasteiger partial charge in [-0.3, -0.25) is 5.01 Å². The number of carbonyl (C=O) groups is 2. The van der Waals surface area contributed by atoms with E-state index in [2.05, 4.69) is 16.2 Å². The molecule has 2 aliphatic rings. The summed E-state index contributed by atoms with van der Waals surface area (Å²) in [6.07, 6.45) is 3.05. The van der Waals surface area contributed by atoms with E-state index in [-0.39, 0.29) is 24.8 Å². The van der Waals surface area contributed by atoms with Gasteiger partial charge in [0.25, 0.3) is 0 Å². The Morgan fingerprint density at radius 1 is 1.38 bits per heavy atom. The van der Waals surface area contributed by atoms with Gasteiger partial charge in [-0.05, 0) is 42.7 Å². The van der Waals surface area contributed by atoms with Crippen molar-refractivity contribution in [3.8, 4) is 6.07 Å². The van der Waals surface area contributed by atoms with Crippen molar-refractivity contribution in [2.45, 2.75) is 33.0 Å². The molecule has 9 heteroatoms. The Kier molecular flexibility index (Phi) is 5.77. The normalized spacial score (nSPS) is 17.3. The van der Waals surface area contributed by atoms with Crippen molar-refractivity contribution >= 4 is 24.1 Å². The molecular formula is C23H23N5O4. The van der Waals surface area contributed by atoms with Crippen molar-refractivity contribution in [1.82, 2.24) is 9.88 Å². The first kappa shape index (κ1) is 21.3. The second-order valence-corrected chi connectivity index (χ2v) is 7.78. The van der Waals surface area contributed by atoms with Gasteiger partial charge >= 0.3 is 12.1 Å². The molecule has 0 bridgehead atoms. The van der Waals surface area contributed by atoms with Gasteiger partial charge in [0.15, 0.2) is 0 Å². The molecule has 2 aromatic rings. The number of cyclic esters (lactones) is 2. The lowest BCUT2D eigenvalue weighted by atomic mass is 9.95. The second-order valence-electron chi connectivity index (χ2n) is 7.78. The quantitative estimate of drug-likeness (QED) is 0.391. The smallest absolute Gasteiger partial charge is 0.410 e. The number of hydrazone groups is 1. The summed E-state index contributed by atoms with van der Waals surface area (Å²) in [6, 6.07) is 7.47. The Labute approximate surface area is 185 Å². The number of hydrogen-bond donors (Lipinski definition) is 0. The van der Waals surface area contributed by atoms with Crippen LogP contribution in [0, 0.1) is 25.2 Å². The molecule has 1 amide bonds. The van der Waals surface area contributed by atoms with E-state index in [4.69, 9.17) is 14.7 Å². The number of pyridine rings is 1. The highest BCUT2D eigenvalue weighted by molar-refractivity contribution is 5.94. The molecule has 1 atom stereocenters. The van der Waals surface area contributed by atoms with E-state index < -0.39 is 0 Å².